The van der Waals surface area contributed by atoms with Crippen molar-refractivity contribution in [3.8, 4) is 11.5 Å². The van der Waals surface area contributed by atoms with Gasteiger partial charge in [0.05, 0.1) is 12.3 Å². The number of nitrogens with zero attached hydrogens (tertiary/aromatic N) is 2. The smallest absolute Gasteiger partial charge is 0.283 e. The highest BCUT2D eigenvalue weighted by atomic mass is 32.1. The Balaban J connectivity index is 1.84. The molecular weight excluding hydrogens is 344 g/mol. The molecule has 1 aromatic carbocycles. The largest absolute Gasteiger partial charge is 0.494 e. The van der Waals surface area contributed by atoms with Crippen molar-refractivity contribution in [1.82, 2.24) is 20.4 Å². The first-order valence-electron chi connectivity index (χ1n) is 7.86. The highest BCUT2D eigenvalue weighted by Crippen LogP contribution is 2.18. The third kappa shape index (κ3) is 5.15. The minimum Gasteiger partial charge on any atom is -0.494 e. The summed E-state index contributed by atoms with van der Waals surface area (Å²) in [6, 6.07) is 6.94. The summed E-state index contributed by atoms with van der Waals surface area (Å²) in [6.07, 6.45) is -0.201. The third-order valence-electron chi connectivity index (χ3n) is 3.21. The molecule has 0 aliphatic rings. The van der Waals surface area contributed by atoms with E-state index in [1.54, 1.807) is 31.2 Å². The molecule has 2 aromatic rings. The van der Waals surface area contributed by atoms with E-state index in [0.717, 1.165) is 17.3 Å². The van der Waals surface area contributed by atoms with Gasteiger partial charge in [-0.15, -0.1) is 5.10 Å². The van der Waals surface area contributed by atoms with Crippen molar-refractivity contribution < 1.29 is 19.1 Å². The molecule has 0 saturated heterocycles. The number of carbonyl (C=O) groups excluding carboxylic acids is 2. The van der Waals surface area contributed by atoms with E-state index in [1.807, 2.05) is 13.8 Å². The van der Waals surface area contributed by atoms with Crippen LogP contribution in [0.4, 0.5) is 0 Å². The first-order valence-corrected chi connectivity index (χ1v) is 8.63. The Morgan fingerprint density at radius 1 is 1.16 bits per heavy atom. The summed E-state index contributed by atoms with van der Waals surface area (Å²) in [5.41, 5.74) is 5.27. The number of carbonyl (C=O) groups is 2. The van der Waals surface area contributed by atoms with E-state index < -0.39 is 17.9 Å². The van der Waals surface area contributed by atoms with E-state index in [2.05, 4.69) is 20.4 Å². The highest BCUT2D eigenvalue weighted by molar-refractivity contribution is 7.08. The number of hydrogen-bond donors (Lipinski definition) is 2. The first kappa shape index (κ1) is 18.7. The summed E-state index contributed by atoms with van der Waals surface area (Å²) in [5, 5.41) is 3.85. The van der Waals surface area contributed by atoms with Gasteiger partial charge in [0.2, 0.25) is 0 Å². The average Bonchev–Trinajstić information content (AvgIpc) is 3.10. The van der Waals surface area contributed by atoms with Gasteiger partial charge in [-0.05, 0) is 56.1 Å². The van der Waals surface area contributed by atoms with Crippen molar-refractivity contribution in [2.75, 3.05) is 6.61 Å². The van der Waals surface area contributed by atoms with E-state index in [4.69, 9.17) is 9.47 Å². The summed E-state index contributed by atoms with van der Waals surface area (Å²) >= 11 is 0.983. The second-order valence-corrected chi connectivity index (χ2v) is 5.76. The molecule has 134 valence electrons. The van der Waals surface area contributed by atoms with Crippen molar-refractivity contribution in [2.24, 2.45) is 0 Å². The normalized spacial score (nSPS) is 11.5. The van der Waals surface area contributed by atoms with Crippen LogP contribution in [-0.4, -0.2) is 34.1 Å². The molecule has 2 amide bonds. The van der Waals surface area contributed by atoms with Crippen molar-refractivity contribution in [1.29, 1.82) is 0 Å². The molecule has 25 heavy (non-hydrogen) atoms. The van der Waals surface area contributed by atoms with E-state index in [0.29, 0.717) is 29.3 Å². The number of rotatable bonds is 7. The Hall–Kier alpha value is -2.68. The van der Waals surface area contributed by atoms with Gasteiger partial charge in [0.15, 0.2) is 6.10 Å². The van der Waals surface area contributed by atoms with E-state index in [-0.39, 0.29) is 0 Å². The second-order valence-electron chi connectivity index (χ2n) is 5.01. The standard InChI is InChI=1S/C16H20N4O4S/c1-4-13-14(25-20-17-13)16(22)19-18-15(21)10(3)24-12-8-6-11(7-9-12)23-5-2/h6-10H,4-5H2,1-3H3,(H,18,21)(H,19,22)/t10-/m0/s1. The SMILES string of the molecule is CCOc1ccc(O[C@@H](C)C(=O)NNC(=O)c2snnc2CC)cc1. The maximum atomic E-state index is 12.0. The van der Waals surface area contributed by atoms with Crippen LogP contribution in [0.25, 0.3) is 0 Å². The molecule has 0 radical (unpaired) electrons. The molecule has 2 rings (SSSR count). The van der Waals surface area contributed by atoms with E-state index in [9.17, 15) is 9.59 Å². The molecule has 0 spiro atoms. The number of hydrazine groups is 1. The zero-order valence-electron chi connectivity index (χ0n) is 14.2. The predicted molar refractivity (Wildman–Crippen MR) is 92.6 cm³/mol. The molecule has 0 unspecified atom stereocenters. The van der Waals surface area contributed by atoms with Crippen molar-refractivity contribution in [3.05, 3.63) is 34.8 Å². The van der Waals surface area contributed by atoms with Gasteiger partial charge in [-0.2, -0.15) is 0 Å². The first-order chi connectivity index (χ1) is 12.0. The fourth-order valence-corrected chi connectivity index (χ4v) is 2.57. The van der Waals surface area contributed by atoms with Gasteiger partial charge in [0.25, 0.3) is 11.8 Å². The number of aromatic nitrogens is 2. The Kier molecular flexibility index (Phi) is 6.70. The summed E-state index contributed by atoms with van der Waals surface area (Å²) in [4.78, 5) is 24.4. The lowest BCUT2D eigenvalue weighted by Crippen LogP contribution is -2.47. The topological polar surface area (TPSA) is 102 Å². The second kappa shape index (κ2) is 8.97. The summed E-state index contributed by atoms with van der Waals surface area (Å²) in [5.74, 6) is 0.327. The molecule has 0 bridgehead atoms. The van der Waals surface area contributed by atoms with Crippen LogP contribution in [0, 0.1) is 0 Å². The summed E-state index contributed by atoms with van der Waals surface area (Å²) in [7, 11) is 0. The lowest BCUT2D eigenvalue weighted by atomic mass is 10.3. The van der Waals surface area contributed by atoms with Crippen LogP contribution < -0.4 is 20.3 Å². The third-order valence-corrected chi connectivity index (χ3v) is 3.98. The molecular formula is C16H20N4O4S. The molecule has 0 fully saturated rings. The molecule has 1 atom stereocenters. The van der Waals surface area contributed by atoms with Gasteiger partial charge >= 0.3 is 0 Å². The molecule has 9 heteroatoms. The fraction of sp³-hybridized carbons (Fsp3) is 0.375. The molecule has 0 saturated carbocycles. The van der Waals surface area contributed by atoms with Crippen LogP contribution in [0.2, 0.25) is 0 Å². The monoisotopic (exact) mass is 364 g/mol. The van der Waals surface area contributed by atoms with Crippen LogP contribution in [0.1, 0.15) is 36.1 Å². The number of hydrogen-bond acceptors (Lipinski definition) is 7. The quantitative estimate of drug-likeness (QED) is 0.726. The maximum absolute atomic E-state index is 12.0. The zero-order valence-corrected chi connectivity index (χ0v) is 15.1. The number of nitrogens with one attached hydrogen (secondary N) is 2. The Labute approximate surface area is 149 Å². The molecule has 2 N–H and O–H groups in total. The van der Waals surface area contributed by atoms with Gasteiger partial charge < -0.3 is 9.47 Å². The van der Waals surface area contributed by atoms with Gasteiger partial charge in [-0.1, -0.05) is 11.4 Å². The maximum Gasteiger partial charge on any atom is 0.283 e. The Morgan fingerprint density at radius 2 is 1.84 bits per heavy atom. The average molecular weight is 364 g/mol. The molecule has 8 nitrogen and oxygen atoms in total. The Morgan fingerprint density at radius 3 is 2.48 bits per heavy atom. The fourth-order valence-electron chi connectivity index (χ4n) is 1.93. The van der Waals surface area contributed by atoms with Crippen LogP contribution in [-0.2, 0) is 11.2 Å². The lowest BCUT2D eigenvalue weighted by molar-refractivity contribution is -0.128. The minimum absolute atomic E-state index is 0.378. The highest BCUT2D eigenvalue weighted by Gasteiger charge is 2.18. The van der Waals surface area contributed by atoms with Gasteiger partial charge in [-0.3, -0.25) is 20.4 Å². The summed E-state index contributed by atoms with van der Waals surface area (Å²) in [6.45, 7) is 5.94. The predicted octanol–water partition coefficient (Wildman–Crippen LogP) is 1.73. The molecule has 1 aromatic heterocycles. The van der Waals surface area contributed by atoms with E-state index in [1.165, 1.54) is 0 Å². The minimum atomic E-state index is -0.788. The van der Waals surface area contributed by atoms with Gasteiger partial charge in [0, 0.05) is 0 Å². The van der Waals surface area contributed by atoms with Crippen LogP contribution in [0.5, 0.6) is 11.5 Å². The van der Waals surface area contributed by atoms with Crippen LogP contribution >= 0.6 is 11.5 Å². The van der Waals surface area contributed by atoms with Crippen LogP contribution in [0.3, 0.4) is 0 Å². The zero-order chi connectivity index (χ0) is 18.2. The van der Waals surface area contributed by atoms with Crippen molar-refractivity contribution in [2.45, 2.75) is 33.3 Å². The number of benzene rings is 1. The molecule has 0 aliphatic heterocycles. The van der Waals surface area contributed by atoms with Crippen molar-refractivity contribution in [3.63, 3.8) is 0 Å². The van der Waals surface area contributed by atoms with Crippen molar-refractivity contribution >= 4 is 23.3 Å². The number of ether oxygens (including phenoxy) is 2. The lowest BCUT2D eigenvalue weighted by Gasteiger charge is -2.15. The number of amides is 2. The van der Waals surface area contributed by atoms with Crippen LogP contribution in [0.15, 0.2) is 24.3 Å². The Bertz CT molecular complexity index is 717. The molecule has 1 heterocycles. The van der Waals surface area contributed by atoms with Gasteiger partial charge in [-0.25, -0.2) is 0 Å². The van der Waals surface area contributed by atoms with Gasteiger partial charge in [0.1, 0.15) is 16.4 Å². The summed E-state index contributed by atoms with van der Waals surface area (Å²) < 4.78 is 14.6. The number of aryl methyl sites for hydroxylation is 1. The van der Waals surface area contributed by atoms with E-state index >= 15 is 0 Å². The molecule has 0 aliphatic carbocycles.